The maximum atomic E-state index is 11.5. The van der Waals surface area contributed by atoms with Gasteiger partial charge in [0.15, 0.2) is 0 Å². The number of para-hydroxylation sites is 1. The molecule has 0 radical (unpaired) electrons. The number of furan rings is 1. The van der Waals surface area contributed by atoms with E-state index in [1.165, 1.54) is 0 Å². The number of amides is 1. The van der Waals surface area contributed by atoms with Crippen LogP contribution in [0.15, 0.2) is 89.7 Å². The Hall–Kier alpha value is -3.59. The number of carbonyl (C=O) groups excluding carboxylic acids is 1. The lowest BCUT2D eigenvalue weighted by molar-refractivity contribution is -0.112. The molecule has 2 aromatic heterocycles. The number of benzene rings is 2. The zero-order valence-corrected chi connectivity index (χ0v) is 17.1. The van der Waals surface area contributed by atoms with E-state index in [1.807, 2.05) is 36.4 Å². The number of nitrogens with zero attached hydrogens (tertiary/aromatic N) is 2. The number of nitriles is 1. The number of halogens is 2. The zero-order valence-electron chi connectivity index (χ0n) is 15.6. The smallest absolute Gasteiger partial charge is 0.265 e. The van der Waals surface area contributed by atoms with Gasteiger partial charge in [0, 0.05) is 22.2 Å². The molecule has 1 amide bonds. The van der Waals surface area contributed by atoms with Gasteiger partial charge in [0.2, 0.25) is 0 Å². The predicted molar refractivity (Wildman–Crippen MR) is 119 cm³/mol. The number of hydrogen-bond donors (Lipinski definition) is 1. The number of aromatic nitrogens is 1. The predicted octanol–water partition coefficient (Wildman–Crippen LogP) is 6.51. The summed E-state index contributed by atoms with van der Waals surface area (Å²) in [6.45, 7) is 3.36. The number of nitrogens with one attached hydrogen (secondary N) is 1. The minimum absolute atomic E-state index is 0.127. The molecule has 0 spiro atoms. The van der Waals surface area contributed by atoms with Crippen LogP contribution in [0.2, 0.25) is 10.0 Å². The Morgan fingerprint density at radius 1 is 1.10 bits per heavy atom. The Balaban J connectivity index is 0.000000177. The number of pyridine rings is 1. The van der Waals surface area contributed by atoms with Gasteiger partial charge in [-0.25, -0.2) is 0 Å². The second-order valence-corrected chi connectivity index (χ2v) is 6.87. The monoisotopic (exact) mass is 435 g/mol. The second kappa shape index (κ2) is 9.75. The SMILES string of the molecule is C=C(C#N)C(=O)Nc1cccc2cccnc12.Clc1ccc(Cl)c(-c2ccco2)c1. The summed E-state index contributed by atoms with van der Waals surface area (Å²) in [6.07, 6.45) is 3.25. The van der Waals surface area contributed by atoms with Gasteiger partial charge in [-0.3, -0.25) is 9.78 Å². The molecule has 30 heavy (non-hydrogen) atoms. The van der Waals surface area contributed by atoms with Crippen LogP contribution in [0.4, 0.5) is 5.69 Å². The van der Waals surface area contributed by atoms with Crippen LogP contribution in [0.1, 0.15) is 0 Å². The van der Waals surface area contributed by atoms with E-state index in [0.717, 1.165) is 16.7 Å². The molecule has 0 fully saturated rings. The van der Waals surface area contributed by atoms with E-state index < -0.39 is 5.91 Å². The van der Waals surface area contributed by atoms with Crippen molar-refractivity contribution in [3.8, 4) is 17.4 Å². The molecule has 0 aliphatic heterocycles. The van der Waals surface area contributed by atoms with Crippen molar-refractivity contribution in [2.75, 3.05) is 5.32 Å². The average molecular weight is 436 g/mol. The third-order valence-corrected chi connectivity index (χ3v) is 4.57. The van der Waals surface area contributed by atoms with E-state index in [1.54, 1.807) is 42.8 Å². The lowest BCUT2D eigenvalue weighted by Crippen LogP contribution is -2.13. The molecule has 1 N–H and O–H groups in total. The van der Waals surface area contributed by atoms with Crippen molar-refractivity contribution in [2.24, 2.45) is 0 Å². The van der Waals surface area contributed by atoms with Gasteiger partial charge >= 0.3 is 0 Å². The van der Waals surface area contributed by atoms with E-state index >= 15 is 0 Å². The van der Waals surface area contributed by atoms with E-state index in [2.05, 4.69) is 16.9 Å². The van der Waals surface area contributed by atoms with Gasteiger partial charge < -0.3 is 9.73 Å². The summed E-state index contributed by atoms with van der Waals surface area (Å²) >= 11 is 11.8. The van der Waals surface area contributed by atoms with Crippen molar-refractivity contribution in [1.82, 2.24) is 4.98 Å². The fraction of sp³-hybridized carbons (Fsp3) is 0. The van der Waals surface area contributed by atoms with Crippen LogP contribution in [0.5, 0.6) is 0 Å². The van der Waals surface area contributed by atoms with Crippen LogP contribution in [0.25, 0.3) is 22.2 Å². The normalized spacial score (nSPS) is 9.90. The highest BCUT2D eigenvalue weighted by atomic mass is 35.5. The molecule has 0 saturated carbocycles. The molecule has 0 aliphatic rings. The Bertz CT molecular complexity index is 1240. The first-order valence-electron chi connectivity index (χ1n) is 8.72. The summed E-state index contributed by atoms with van der Waals surface area (Å²) in [6, 6.07) is 19.8. The van der Waals surface area contributed by atoms with Crippen molar-refractivity contribution in [3.63, 3.8) is 0 Å². The van der Waals surface area contributed by atoms with Gasteiger partial charge in [-0.05, 0) is 42.5 Å². The molecular formula is C23H15Cl2N3O2. The van der Waals surface area contributed by atoms with Crippen LogP contribution >= 0.6 is 23.2 Å². The maximum Gasteiger partial charge on any atom is 0.265 e. The molecule has 4 aromatic rings. The maximum absolute atomic E-state index is 11.5. The molecule has 0 aliphatic carbocycles. The molecule has 0 saturated heterocycles. The lowest BCUT2D eigenvalue weighted by atomic mass is 10.2. The molecule has 2 heterocycles. The van der Waals surface area contributed by atoms with Crippen LogP contribution in [-0.2, 0) is 4.79 Å². The van der Waals surface area contributed by atoms with Crippen molar-refractivity contribution in [2.45, 2.75) is 0 Å². The Kier molecular flexibility index (Phi) is 6.87. The first-order chi connectivity index (χ1) is 14.5. The highest BCUT2D eigenvalue weighted by Gasteiger charge is 2.09. The Labute approximate surface area is 183 Å². The van der Waals surface area contributed by atoms with Crippen molar-refractivity contribution in [1.29, 1.82) is 5.26 Å². The largest absolute Gasteiger partial charge is 0.464 e. The minimum Gasteiger partial charge on any atom is -0.464 e. The number of anilines is 1. The van der Waals surface area contributed by atoms with Crippen LogP contribution < -0.4 is 5.32 Å². The molecule has 0 atom stereocenters. The first kappa shape index (κ1) is 21.1. The molecule has 0 bridgehead atoms. The van der Waals surface area contributed by atoms with Gasteiger partial charge in [0.1, 0.15) is 17.4 Å². The van der Waals surface area contributed by atoms with Crippen molar-refractivity contribution < 1.29 is 9.21 Å². The Morgan fingerprint density at radius 3 is 2.63 bits per heavy atom. The van der Waals surface area contributed by atoms with Crippen molar-refractivity contribution in [3.05, 3.63) is 95.3 Å². The number of carbonyl (C=O) groups is 1. The zero-order chi connectivity index (χ0) is 21.5. The number of fused-ring (bicyclic) bond motifs is 1. The van der Waals surface area contributed by atoms with Gasteiger partial charge in [-0.2, -0.15) is 5.26 Å². The van der Waals surface area contributed by atoms with Crippen LogP contribution in [0.3, 0.4) is 0 Å². The number of rotatable bonds is 3. The summed E-state index contributed by atoms with van der Waals surface area (Å²) in [5.41, 5.74) is 1.95. The molecule has 7 heteroatoms. The standard InChI is InChI=1S/C13H9N3O.C10H6Cl2O/c1-9(8-14)13(17)16-11-6-2-4-10-5-3-7-15-12(10)11;11-7-3-4-9(12)8(6-7)10-2-1-5-13-10/h2-7H,1H2,(H,16,17);1-6H. The summed E-state index contributed by atoms with van der Waals surface area (Å²) in [4.78, 5) is 15.7. The highest BCUT2D eigenvalue weighted by Crippen LogP contribution is 2.30. The van der Waals surface area contributed by atoms with E-state index in [0.29, 0.717) is 21.2 Å². The molecule has 0 unspecified atom stereocenters. The van der Waals surface area contributed by atoms with Gasteiger partial charge in [-0.15, -0.1) is 0 Å². The summed E-state index contributed by atoms with van der Waals surface area (Å²) in [7, 11) is 0. The van der Waals surface area contributed by atoms with Gasteiger partial charge in [-0.1, -0.05) is 48.0 Å². The highest BCUT2D eigenvalue weighted by molar-refractivity contribution is 6.35. The van der Waals surface area contributed by atoms with Gasteiger partial charge in [0.25, 0.3) is 5.91 Å². The van der Waals surface area contributed by atoms with Crippen molar-refractivity contribution >= 4 is 45.7 Å². The third kappa shape index (κ3) is 5.06. The minimum atomic E-state index is -0.509. The number of hydrogen-bond acceptors (Lipinski definition) is 4. The fourth-order valence-corrected chi connectivity index (χ4v) is 2.95. The Morgan fingerprint density at radius 2 is 1.90 bits per heavy atom. The fourth-order valence-electron chi connectivity index (χ4n) is 2.57. The molecule has 5 nitrogen and oxygen atoms in total. The first-order valence-corrected chi connectivity index (χ1v) is 9.48. The topological polar surface area (TPSA) is 78.9 Å². The summed E-state index contributed by atoms with van der Waals surface area (Å²) in [5.74, 6) is 0.221. The summed E-state index contributed by atoms with van der Waals surface area (Å²) < 4.78 is 5.21. The lowest BCUT2D eigenvalue weighted by Gasteiger charge is -2.06. The van der Waals surface area contributed by atoms with E-state index in [9.17, 15) is 4.79 Å². The quantitative estimate of drug-likeness (QED) is 0.293. The van der Waals surface area contributed by atoms with Gasteiger partial charge in [0.05, 0.1) is 22.5 Å². The van der Waals surface area contributed by atoms with Crippen LogP contribution in [0, 0.1) is 11.3 Å². The summed E-state index contributed by atoms with van der Waals surface area (Å²) in [5, 5.41) is 13.4. The molecular weight excluding hydrogens is 421 g/mol. The van der Waals surface area contributed by atoms with E-state index in [4.69, 9.17) is 32.9 Å². The second-order valence-electron chi connectivity index (χ2n) is 6.03. The van der Waals surface area contributed by atoms with Crippen LogP contribution in [-0.4, -0.2) is 10.9 Å². The molecule has 2 aromatic carbocycles. The third-order valence-electron chi connectivity index (χ3n) is 4.01. The average Bonchev–Trinajstić information content (AvgIpc) is 3.30. The molecule has 148 valence electrons. The van der Waals surface area contributed by atoms with E-state index in [-0.39, 0.29) is 5.57 Å². The molecule has 4 rings (SSSR count).